The molecule has 8 nitrogen and oxygen atoms in total. The Hall–Kier alpha value is -4.91. The molecule has 37 heavy (non-hydrogen) atoms. The number of aromatic nitrogens is 3. The third-order valence-electron chi connectivity index (χ3n) is 5.45. The van der Waals surface area contributed by atoms with Crippen molar-refractivity contribution in [1.82, 2.24) is 15.0 Å². The molecule has 0 saturated heterocycles. The number of rotatable bonds is 6. The number of nitriles is 1. The molecule has 3 aromatic carbocycles. The Balaban J connectivity index is 1.65. The van der Waals surface area contributed by atoms with Crippen LogP contribution in [0.5, 0.6) is 0 Å². The summed E-state index contributed by atoms with van der Waals surface area (Å²) in [4.78, 5) is 27.4. The second kappa shape index (κ2) is 10.8. The van der Waals surface area contributed by atoms with Crippen LogP contribution in [0, 0.1) is 23.0 Å². The lowest BCUT2D eigenvalue weighted by atomic mass is 10.1. The number of carbonyl (C=O) groups excluding carboxylic acids is 2. The fourth-order valence-corrected chi connectivity index (χ4v) is 3.73. The maximum absolute atomic E-state index is 14.3. The summed E-state index contributed by atoms with van der Waals surface area (Å²) in [5.41, 5.74) is -0.0283. The molecule has 0 atom stereocenters. The fourth-order valence-electron chi connectivity index (χ4n) is 3.73. The lowest BCUT2D eigenvalue weighted by molar-refractivity contribution is 0.0472. The topological polar surface area (TPSA) is 101 Å². The number of ether oxygens (including phenoxy) is 1. The van der Waals surface area contributed by atoms with Crippen LogP contribution in [0.4, 0.5) is 19.3 Å². The maximum atomic E-state index is 14.3. The molecule has 10 heteroatoms. The van der Waals surface area contributed by atoms with E-state index in [-0.39, 0.29) is 12.2 Å². The molecule has 4 rings (SSSR count). The Morgan fingerprint density at radius 2 is 1.70 bits per heavy atom. The van der Waals surface area contributed by atoms with E-state index in [0.29, 0.717) is 10.4 Å². The standard InChI is InChI=1S/C27H21F2N5O3/c1-17(2)33(20-11-6-10-19(14-20)26(35)37-16-18-8-4-3-5-9-18)27(36)34-23(15-30)25(31-32-34)24-21(28)12-7-13-22(24)29/h3-14,17H,16H2,1-2H3. The number of amides is 1. The van der Waals surface area contributed by atoms with Gasteiger partial charge in [-0.2, -0.15) is 5.26 Å². The zero-order valence-corrected chi connectivity index (χ0v) is 19.9. The average molecular weight is 501 g/mol. The third-order valence-corrected chi connectivity index (χ3v) is 5.45. The summed E-state index contributed by atoms with van der Waals surface area (Å²) >= 11 is 0. The molecular formula is C27H21F2N5O3. The van der Waals surface area contributed by atoms with Crippen molar-refractivity contribution in [3.05, 3.63) is 101 Å². The Labute approximate surface area is 211 Å². The minimum absolute atomic E-state index is 0.0800. The van der Waals surface area contributed by atoms with Crippen molar-refractivity contribution in [1.29, 1.82) is 5.26 Å². The largest absolute Gasteiger partial charge is 0.457 e. The number of carbonyl (C=O) groups is 2. The minimum atomic E-state index is -0.946. The van der Waals surface area contributed by atoms with Crippen molar-refractivity contribution in [2.24, 2.45) is 0 Å². The van der Waals surface area contributed by atoms with E-state index in [1.54, 1.807) is 38.1 Å². The molecule has 0 aliphatic rings. The zero-order chi connectivity index (χ0) is 26.5. The number of hydrogen-bond donors (Lipinski definition) is 0. The van der Waals surface area contributed by atoms with Crippen molar-refractivity contribution in [2.75, 3.05) is 4.90 Å². The minimum Gasteiger partial charge on any atom is -0.457 e. The normalized spacial score (nSPS) is 10.7. The summed E-state index contributed by atoms with van der Waals surface area (Å²) in [5, 5.41) is 17.2. The Kier molecular flexibility index (Phi) is 7.34. The van der Waals surface area contributed by atoms with Gasteiger partial charge in [-0.05, 0) is 49.7 Å². The number of hydrogen-bond acceptors (Lipinski definition) is 6. The second-order valence-corrected chi connectivity index (χ2v) is 8.27. The van der Waals surface area contributed by atoms with Gasteiger partial charge in [0.05, 0.1) is 11.1 Å². The van der Waals surface area contributed by atoms with Crippen LogP contribution >= 0.6 is 0 Å². The van der Waals surface area contributed by atoms with Gasteiger partial charge < -0.3 is 4.74 Å². The van der Waals surface area contributed by atoms with Crippen LogP contribution in [0.2, 0.25) is 0 Å². The number of benzene rings is 3. The van der Waals surface area contributed by atoms with E-state index in [1.165, 1.54) is 17.0 Å². The Morgan fingerprint density at radius 3 is 2.35 bits per heavy atom. The quantitative estimate of drug-likeness (QED) is 0.331. The van der Waals surface area contributed by atoms with Gasteiger partial charge in [0, 0.05) is 11.7 Å². The molecule has 1 amide bonds. The predicted molar refractivity (Wildman–Crippen MR) is 131 cm³/mol. The summed E-state index contributed by atoms with van der Waals surface area (Å²) in [6.45, 7) is 3.52. The van der Waals surface area contributed by atoms with Gasteiger partial charge in [0.15, 0.2) is 5.69 Å². The highest BCUT2D eigenvalue weighted by molar-refractivity contribution is 5.97. The van der Waals surface area contributed by atoms with Gasteiger partial charge in [0.25, 0.3) is 0 Å². The van der Waals surface area contributed by atoms with Crippen LogP contribution in [0.3, 0.4) is 0 Å². The highest BCUT2D eigenvalue weighted by atomic mass is 19.1. The first kappa shape index (κ1) is 25.2. The van der Waals surface area contributed by atoms with Gasteiger partial charge in [-0.1, -0.05) is 47.7 Å². The van der Waals surface area contributed by atoms with E-state index >= 15 is 0 Å². The number of nitrogens with zero attached hydrogens (tertiary/aromatic N) is 5. The van der Waals surface area contributed by atoms with Crippen molar-refractivity contribution in [2.45, 2.75) is 26.5 Å². The van der Waals surface area contributed by atoms with E-state index in [1.807, 2.05) is 30.3 Å². The molecule has 0 spiro atoms. The van der Waals surface area contributed by atoms with Gasteiger partial charge in [0.1, 0.15) is 30.0 Å². The average Bonchev–Trinajstić information content (AvgIpc) is 3.31. The van der Waals surface area contributed by atoms with Crippen LogP contribution in [-0.4, -0.2) is 33.0 Å². The molecule has 0 saturated carbocycles. The van der Waals surface area contributed by atoms with E-state index in [0.717, 1.165) is 17.7 Å². The first-order valence-corrected chi connectivity index (χ1v) is 11.3. The zero-order valence-electron chi connectivity index (χ0n) is 19.9. The molecule has 0 fully saturated rings. The van der Waals surface area contributed by atoms with Crippen LogP contribution < -0.4 is 4.90 Å². The van der Waals surface area contributed by atoms with Gasteiger partial charge in [-0.15, -0.1) is 9.78 Å². The SMILES string of the molecule is CC(C)N(C(=O)n1nnc(-c2c(F)cccc2F)c1C#N)c1cccc(C(=O)OCc2ccccc2)c1. The second-order valence-electron chi connectivity index (χ2n) is 8.27. The molecule has 0 aliphatic carbocycles. The van der Waals surface area contributed by atoms with Crippen LogP contribution in [0.1, 0.15) is 35.5 Å². The molecule has 0 N–H and O–H groups in total. The van der Waals surface area contributed by atoms with Crippen molar-refractivity contribution in [3.63, 3.8) is 0 Å². The van der Waals surface area contributed by atoms with Gasteiger partial charge in [-0.25, -0.2) is 18.4 Å². The van der Waals surface area contributed by atoms with Crippen molar-refractivity contribution < 1.29 is 23.1 Å². The van der Waals surface area contributed by atoms with Crippen molar-refractivity contribution in [3.8, 4) is 17.3 Å². The summed E-state index contributed by atoms with van der Waals surface area (Å²) in [6.07, 6.45) is 0. The van der Waals surface area contributed by atoms with Gasteiger partial charge in [-0.3, -0.25) is 4.90 Å². The van der Waals surface area contributed by atoms with Crippen LogP contribution in [0.25, 0.3) is 11.3 Å². The Morgan fingerprint density at radius 1 is 1.03 bits per heavy atom. The van der Waals surface area contributed by atoms with Crippen LogP contribution in [-0.2, 0) is 11.3 Å². The monoisotopic (exact) mass is 501 g/mol. The molecule has 0 unspecified atom stereocenters. The highest BCUT2D eigenvalue weighted by Gasteiger charge is 2.29. The van der Waals surface area contributed by atoms with Crippen LogP contribution in [0.15, 0.2) is 72.8 Å². The lowest BCUT2D eigenvalue weighted by Gasteiger charge is -2.26. The lowest BCUT2D eigenvalue weighted by Crippen LogP contribution is -2.41. The maximum Gasteiger partial charge on any atom is 0.352 e. The smallest absolute Gasteiger partial charge is 0.352 e. The summed E-state index contributed by atoms with van der Waals surface area (Å²) in [7, 11) is 0. The first-order valence-electron chi connectivity index (χ1n) is 11.3. The predicted octanol–water partition coefficient (Wildman–Crippen LogP) is 5.34. The fraction of sp³-hybridized carbons (Fsp3) is 0.148. The van der Waals surface area contributed by atoms with Crippen molar-refractivity contribution >= 4 is 17.7 Å². The van der Waals surface area contributed by atoms with Gasteiger partial charge >= 0.3 is 12.0 Å². The highest BCUT2D eigenvalue weighted by Crippen LogP contribution is 2.28. The number of anilines is 1. The molecule has 4 aromatic rings. The van der Waals surface area contributed by atoms with E-state index < -0.39 is 46.6 Å². The Bertz CT molecular complexity index is 1480. The van der Waals surface area contributed by atoms with Gasteiger partial charge in [0.2, 0.25) is 0 Å². The molecule has 1 heterocycles. The molecule has 1 aromatic heterocycles. The van der Waals surface area contributed by atoms with E-state index in [4.69, 9.17) is 4.74 Å². The van der Waals surface area contributed by atoms with E-state index in [2.05, 4.69) is 10.3 Å². The summed E-state index contributed by atoms with van der Waals surface area (Å²) < 4.78 is 34.7. The molecule has 0 radical (unpaired) electrons. The first-order chi connectivity index (χ1) is 17.8. The molecule has 186 valence electrons. The molecule has 0 aliphatic heterocycles. The summed E-state index contributed by atoms with van der Waals surface area (Å²) in [5.74, 6) is -2.48. The number of halogens is 2. The molecule has 0 bridgehead atoms. The number of esters is 1. The molecular weight excluding hydrogens is 480 g/mol. The summed E-state index contributed by atoms with van der Waals surface area (Å²) in [6, 6.07) is 19.1. The third kappa shape index (κ3) is 5.21. The van der Waals surface area contributed by atoms with E-state index in [9.17, 15) is 23.6 Å².